The van der Waals surface area contributed by atoms with Crippen molar-refractivity contribution in [1.82, 2.24) is 0 Å². The highest BCUT2D eigenvalue weighted by Gasteiger charge is 2.31. The fraction of sp³-hybridized carbons (Fsp3) is 0.111. The lowest BCUT2D eigenvalue weighted by Gasteiger charge is -2.23. The van der Waals surface area contributed by atoms with Gasteiger partial charge >= 0.3 is 6.36 Å². The van der Waals surface area contributed by atoms with Crippen molar-refractivity contribution < 1.29 is 32.6 Å². The van der Waals surface area contributed by atoms with Crippen LogP contribution in [0.25, 0.3) is 5.57 Å². The minimum Gasteiger partial charge on any atom is -0.406 e. The third-order valence-corrected chi connectivity index (χ3v) is 5.71. The van der Waals surface area contributed by atoms with E-state index in [2.05, 4.69) is 15.4 Å². The number of hydrogen-bond acceptors (Lipinski definition) is 4. The van der Waals surface area contributed by atoms with Gasteiger partial charge in [0.2, 0.25) is 5.91 Å². The van der Waals surface area contributed by atoms with Gasteiger partial charge in [0.15, 0.2) is 0 Å². The molecule has 6 nitrogen and oxygen atoms in total. The highest BCUT2D eigenvalue weighted by Crippen LogP contribution is 2.30. The van der Waals surface area contributed by atoms with Gasteiger partial charge in [-0.1, -0.05) is 54.1 Å². The van der Waals surface area contributed by atoms with Crippen LogP contribution in [0.5, 0.6) is 5.75 Å². The molecule has 4 rings (SSSR count). The zero-order chi connectivity index (χ0) is 26.6. The second-order valence-electron chi connectivity index (χ2n) is 8.05. The molecule has 1 aliphatic heterocycles. The van der Waals surface area contributed by atoms with Crippen molar-refractivity contribution in [3.63, 3.8) is 0 Å². The first kappa shape index (κ1) is 26.0. The molecule has 0 aliphatic carbocycles. The normalized spacial score (nSPS) is 15.8. The maximum Gasteiger partial charge on any atom is 0.573 e. The van der Waals surface area contributed by atoms with E-state index in [1.807, 2.05) is 0 Å². The van der Waals surface area contributed by atoms with E-state index in [9.17, 15) is 27.9 Å². The fourth-order valence-electron chi connectivity index (χ4n) is 3.77. The number of hydrogen-bond donors (Lipinski definition) is 3. The SMILES string of the molecule is O=C(/C=C/C=C(/c1ccc(Cl)cc1)c1ccc(OC(F)(F)F)cc1)Nc1cccc2c1CC(O)C(=O)N2. The van der Waals surface area contributed by atoms with E-state index in [-0.39, 0.29) is 12.2 Å². The first-order chi connectivity index (χ1) is 17.6. The van der Waals surface area contributed by atoms with E-state index in [4.69, 9.17) is 11.6 Å². The van der Waals surface area contributed by atoms with Gasteiger partial charge in [-0.3, -0.25) is 9.59 Å². The van der Waals surface area contributed by atoms with E-state index >= 15 is 0 Å². The van der Waals surface area contributed by atoms with Gasteiger partial charge < -0.3 is 20.5 Å². The number of alkyl halides is 3. The lowest BCUT2D eigenvalue weighted by Crippen LogP contribution is -2.34. The maximum atomic E-state index is 12.6. The molecule has 0 radical (unpaired) electrons. The second kappa shape index (κ2) is 10.9. The summed E-state index contributed by atoms with van der Waals surface area (Å²) in [7, 11) is 0. The number of aliphatic hydroxyl groups excluding tert-OH is 1. The van der Waals surface area contributed by atoms with Crippen LogP contribution in [0.4, 0.5) is 24.5 Å². The Morgan fingerprint density at radius 1 is 1.05 bits per heavy atom. The number of amides is 2. The largest absolute Gasteiger partial charge is 0.573 e. The molecule has 1 atom stereocenters. The van der Waals surface area contributed by atoms with Crippen LogP contribution in [0.15, 0.2) is 85.0 Å². The fourth-order valence-corrected chi connectivity index (χ4v) is 3.90. The summed E-state index contributed by atoms with van der Waals surface area (Å²) < 4.78 is 41.5. The average Bonchev–Trinajstić information content (AvgIpc) is 2.84. The van der Waals surface area contributed by atoms with Crippen molar-refractivity contribution in [2.75, 3.05) is 10.6 Å². The summed E-state index contributed by atoms with van der Waals surface area (Å²) in [6, 6.07) is 17.2. The van der Waals surface area contributed by atoms with Gasteiger partial charge in [0.05, 0.1) is 0 Å². The Labute approximate surface area is 215 Å². The van der Waals surface area contributed by atoms with Crippen LogP contribution in [0, 0.1) is 0 Å². The molecule has 0 spiro atoms. The number of carbonyl (C=O) groups excluding carboxylic acids is 2. The smallest absolute Gasteiger partial charge is 0.406 e. The molecule has 0 bridgehead atoms. The molecule has 10 heteroatoms. The van der Waals surface area contributed by atoms with Crippen molar-refractivity contribution in [2.24, 2.45) is 0 Å². The molecule has 0 fully saturated rings. The lowest BCUT2D eigenvalue weighted by atomic mass is 9.97. The Hall–Kier alpha value is -4.08. The molecular weight excluding hydrogens is 509 g/mol. The standard InChI is InChI=1S/C27H20ClF3N2O4/c28-18-11-7-16(8-12-18)20(17-9-13-19(14-10-17)37-27(29,30)31)3-1-6-25(35)32-22-4-2-5-23-21(22)15-24(34)26(36)33-23/h1-14,24,34H,15H2,(H,32,35)(H,33,36)/b6-1+,20-3-. The number of halogens is 4. The van der Waals surface area contributed by atoms with Crippen molar-refractivity contribution in [1.29, 1.82) is 0 Å². The zero-order valence-corrected chi connectivity index (χ0v) is 19.8. The van der Waals surface area contributed by atoms with E-state index in [1.165, 1.54) is 36.4 Å². The molecule has 3 aromatic carbocycles. The van der Waals surface area contributed by atoms with E-state index in [1.54, 1.807) is 48.5 Å². The van der Waals surface area contributed by atoms with Crippen LogP contribution >= 0.6 is 11.6 Å². The van der Waals surface area contributed by atoms with Crippen LogP contribution < -0.4 is 15.4 Å². The minimum absolute atomic E-state index is 0.0655. The summed E-state index contributed by atoms with van der Waals surface area (Å²) in [5.41, 5.74) is 3.51. The highest BCUT2D eigenvalue weighted by atomic mass is 35.5. The summed E-state index contributed by atoms with van der Waals surface area (Å²) in [6.45, 7) is 0. The van der Waals surface area contributed by atoms with Crippen molar-refractivity contribution in [3.05, 3.63) is 107 Å². The molecule has 3 aromatic rings. The number of fused-ring (bicyclic) bond motifs is 1. The van der Waals surface area contributed by atoms with Gasteiger partial charge in [-0.25, -0.2) is 0 Å². The Bertz CT molecular complexity index is 1370. The van der Waals surface area contributed by atoms with Gasteiger partial charge in [0.25, 0.3) is 5.91 Å². The van der Waals surface area contributed by atoms with Crippen molar-refractivity contribution in [3.8, 4) is 5.75 Å². The highest BCUT2D eigenvalue weighted by molar-refractivity contribution is 6.30. The van der Waals surface area contributed by atoms with E-state index in [0.29, 0.717) is 33.1 Å². The van der Waals surface area contributed by atoms with Gasteiger partial charge in [-0.2, -0.15) is 0 Å². The Morgan fingerprint density at radius 3 is 2.35 bits per heavy atom. The first-order valence-electron chi connectivity index (χ1n) is 11.0. The summed E-state index contributed by atoms with van der Waals surface area (Å²) in [5, 5.41) is 15.7. The molecular formula is C27H20ClF3N2O4. The zero-order valence-electron chi connectivity index (χ0n) is 19.1. The van der Waals surface area contributed by atoms with Crippen molar-refractivity contribution in [2.45, 2.75) is 18.9 Å². The Balaban J connectivity index is 1.56. The molecule has 3 N–H and O–H groups in total. The summed E-state index contributed by atoms with van der Waals surface area (Å²) in [4.78, 5) is 24.3. The second-order valence-corrected chi connectivity index (χ2v) is 8.49. The topological polar surface area (TPSA) is 87.7 Å². The summed E-state index contributed by atoms with van der Waals surface area (Å²) in [6.07, 6.45) is -1.50. The third-order valence-electron chi connectivity index (χ3n) is 5.46. The van der Waals surface area contributed by atoms with Gasteiger partial charge in [-0.15, -0.1) is 13.2 Å². The number of aliphatic hydroxyl groups is 1. The average molecular weight is 529 g/mol. The number of ether oxygens (including phenoxy) is 1. The van der Waals surface area contributed by atoms with Crippen LogP contribution in [0.2, 0.25) is 5.02 Å². The third kappa shape index (κ3) is 6.78. The molecule has 1 heterocycles. The molecule has 37 heavy (non-hydrogen) atoms. The molecule has 0 saturated heterocycles. The predicted octanol–water partition coefficient (Wildman–Crippen LogP) is 5.72. The van der Waals surface area contributed by atoms with Gasteiger partial charge in [0, 0.05) is 34.5 Å². The molecule has 2 amide bonds. The number of nitrogens with one attached hydrogen (secondary N) is 2. The molecule has 1 unspecified atom stereocenters. The number of carbonyl (C=O) groups is 2. The van der Waals surface area contributed by atoms with E-state index in [0.717, 1.165) is 5.56 Å². The Kier molecular flexibility index (Phi) is 7.66. The number of anilines is 2. The minimum atomic E-state index is -4.80. The maximum absolute atomic E-state index is 12.6. The van der Waals surface area contributed by atoms with E-state index < -0.39 is 24.3 Å². The van der Waals surface area contributed by atoms with Gasteiger partial charge in [0.1, 0.15) is 11.9 Å². The predicted molar refractivity (Wildman–Crippen MR) is 134 cm³/mol. The monoisotopic (exact) mass is 528 g/mol. The lowest BCUT2D eigenvalue weighted by molar-refractivity contribution is -0.274. The van der Waals surface area contributed by atoms with Crippen LogP contribution in [0.1, 0.15) is 16.7 Å². The quantitative estimate of drug-likeness (QED) is 0.282. The molecule has 190 valence electrons. The van der Waals surface area contributed by atoms with Gasteiger partial charge in [-0.05, 0) is 53.1 Å². The summed E-state index contributed by atoms with van der Waals surface area (Å²) in [5.74, 6) is -1.32. The Morgan fingerprint density at radius 2 is 1.70 bits per heavy atom. The van der Waals surface area contributed by atoms with Crippen molar-refractivity contribution >= 4 is 40.4 Å². The van der Waals surface area contributed by atoms with Crippen LogP contribution in [0.3, 0.4) is 0 Å². The number of allylic oxidation sites excluding steroid dienone is 2. The van der Waals surface area contributed by atoms with Crippen LogP contribution in [-0.2, 0) is 16.0 Å². The molecule has 0 saturated carbocycles. The number of benzene rings is 3. The molecule has 1 aliphatic rings. The molecule has 0 aromatic heterocycles. The number of rotatable bonds is 6. The van der Waals surface area contributed by atoms with Crippen LogP contribution in [-0.4, -0.2) is 29.4 Å². The summed E-state index contributed by atoms with van der Waals surface area (Å²) >= 11 is 5.99. The first-order valence-corrected chi connectivity index (χ1v) is 11.4.